The number of rotatable bonds is 5. The van der Waals surface area contributed by atoms with E-state index in [4.69, 9.17) is 4.74 Å². The molecule has 1 N–H and O–H groups in total. The molecule has 3 rings (SSSR count). The molecule has 2 atom stereocenters. The van der Waals surface area contributed by atoms with Crippen LogP contribution in [0.25, 0.3) is 0 Å². The molecule has 7 nitrogen and oxygen atoms in total. The Morgan fingerprint density at radius 1 is 1.25 bits per heavy atom. The molecule has 2 heterocycles. The zero-order valence-electron chi connectivity index (χ0n) is 17.2. The Morgan fingerprint density at radius 3 is 2.61 bits per heavy atom. The number of hydrogen-bond donors (Lipinski definition) is 1. The molecule has 28 heavy (non-hydrogen) atoms. The lowest BCUT2D eigenvalue weighted by Gasteiger charge is -2.38. The van der Waals surface area contributed by atoms with Gasteiger partial charge in [-0.3, -0.25) is 14.3 Å². The number of ether oxygens (including phenoxy) is 1. The number of carbonyl (C=O) groups is 2. The molecule has 7 heteroatoms. The molecule has 0 spiro atoms. The summed E-state index contributed by atoms with van der Waals surface area (Å²) in [6.07, 6.45) is -0.744. The van der Waals surface area contributed by atoms with E-state index in [1.165, 1.54) is 5.56 Å². The summed E-state index contributed by atoms with van der Waals surface area (Å²) in [6, 6.07) is 7.32. The van der Waals surface area contributed by atoms with E-state index in [9.17, 15) is 9.59 Å². The van der Waals surface area contributed by atoms with Gasteiger partial charge in [0.05, 0.1) is 18.3 Å². The highest BCUT2D eigenvalue weighted by Crippen LogP contribution is 2.31. The lowest BCUT2D eigenvalue weighted by Crippen LogP contribution is -2.53. The van der Waals surface area contributed by atoms with Crippen LogP contribution in [0.15, 0.2) is 24.3 Å². The maximum absolute atomic E-state index is 12.9. The van der Waals surface area contributed by atoms with Crippen molar-refractivity contribution < 1.29 is 14.3 Å². The maximum atomic E-state index is 12.9. The van der Waals surface area contributed by atoms with Gasteiger partial charge in [0.1, 0.15) is 6.61 Å². The quantitative estimate of drug-likeness (QED) is 0.853. The van der Waals surface area contributed by atoms with E-state index in [-0.39, 0.29) is 18.4 Å². The van der Waals surface area contributed by atoms with Gasteiger partial charge in [0.15, 0.2) is 6.10 Å². The van der Waals surface area contributed by atoms with Crippen LogP contribution in [-0.4, -0.2) is 52.8 Å². The molecule has 1 aromatic heterocycles. The molecule has 1 aliphatic heterocycles. The Kier molecular flexibility index (Phi) is 5.84. The van der Waals surface area contributed by atoms with Crippen LogP contribution < -0.4 is 5.32 Å². The van der Waals surface area contributed by atoms with Gasteiger partial charge in [0.2, 0.25) is 5.91 Å². The Balaban J connectivity index is 1.72. The number of amides is 2. The number of hydrogen-bond acceptors (Lipinski definition) is 4. The van der Waals surface area contributed by atoms with Gasteiger partial charge in [-0.2, -0.15) is 5.10 Å². The van der Waals surface area contributed by atoms with Crippen molar-refractivity contribution in [3.05, 3.63) is 52.3 Å². The molecule has 1 saturated heterocycles. The van der Waals surface area contributed by atoms with Crippen LogP contribution in [0.1, 0.15) is 34.1 Å². The number of nitrogens with one attached hydrogen (secondary N) is 1. The van der Waals surface area contributed by atoms with E-state index in [1.54, 1.807) is 11.9 Å². The molecule has 150 valence electrons. The third kappa shape index (κ3) is 3.80. The highest BCUT2D eigenvalue weighted by atomic mass is 16.5. The Morgan fingerprint density at radius 2 is 1.96 bits per heavy atom. The number of aromatic nitrogens is 2. The van der Waals surface area contributed by atoms with Crippen molar-refractivity contribution in [3.8, 4) is 0 Å². The molecule has 0 unspecified atom stereocenters. The summed E-state index contributed by atoms with van der Waals surface area (Å²) in [5.41, 5.74) is 5.21. The second kappa shape index (κ2) is 8.14. The van der Waals surface area contributed by atoms with Gasteiger partial charge in [-0.05, 0) is 44.4 Å². The van der Waals surface area contributed by atoms with Crippen LogP contribution in [-0.2, 0) is 20.9 Å². The summed E-state index contributed by atoms with van der Waals surface area (Å²) in [5.74, 6) is -0.346. The highest BCUT2D eigenvalue weighted by molar-refractivity contribution is 5.86. The molecule has 0 saturated carbocycles. The van der Waals surface area contributed by atoms with Crippen LogP contribution in [0.3, 0.4) is 0 Å². The van der Waals surface area contributed by atoms with Crippen molar-refractivity contribution >= 4 is 11.8 Å². The first kappa shape index (κ1) is 20.1. The lowest BCUT2D eigenvalue weighted by molar-refractivity contribution is -0.162. The van der Waals surface area contributed by atoms with Gasteiger partial charge < -0.3 is 15.0 Å². The smallest absolute Gasteiger partial charge is 0.251 e. The highest BCUT2D eigenvalue weighted by Gasteiger charge is 2.40. The third-order valence-corrected chi connectivity index (χ3v) is 5.62. The third-order valence-electron chi connectivity index (χ3n) is 5.62. The summed E-state index contributed by atoms with van der Waals surface area (Å²) in [7, 11) is 1.72. The van der Waals surface area contributed by atoms with Gasteiger partial charge >= 0.3 is 0 Å². The van der Waals surface area contributed by atoms with Crippen molar-refractivity contribution in [2.75, 3.05) is 20.2 Å². The van der Waals surface area contributed by atoms with Crippen molar-refractivity contribution in [3.63, 3.8) is 0 Å². The SMILES string of the molecule is Cc1ccccc1[C@@H]1[C@@H](C(=O)NCCn2nc(C)c(C)c2C)OCC(=O)N1C. The molecule has 0 aliphatic carbocycles. The second-order valence-electron chi connectivity index (χ2n) is 7.35. The maximum Gasteiger partial charge on any atom is 0.251 e. The van der Waals surface area contributed by atoms with E-state index in [0.29, 0.717) is 13.1 Å². The van der Waals surface area contributed by atoms with Crippen LogP contribution >= 0.6 is 0 Å². The average molecular weight is 384 g/mol. The standard InChI is InChI=1S/C21H28N4O3/c1-13-8-6-7-9-17(13)19-20(28-12-18(26)24(19)5)21(27)22-10-11-25-16(4)14(2)15(3)23-25/h6-9,19-20H,10-12H2,1-5H3,(H,22,27)/t19-,20+/m1/s1. The fraction of sp³-hybridized carbons (Fsp3) is 0.476. The number of carbonyl (C=O) groups excluding carboxylic acids is 2. The van der Waals surface area contributed by atoms with E-state index < -0.39 is 12.1 Å². The number of nitrogens with zero attached hydrogens (tertiary/aromatic N) is 3. The van der Waals surface area contributed by atoms with Gasteiger partial charge in [-0.15, -0.1) is 0 Å². The zero-order chi connectivity index (χ0) is 20.4. The number of benzene rings is 1. The number of likely N-dealkylation sites (N-methyl/N-ethyl adjacent to an activating group) is 1. The van der Waals surface area contributed by atoms with Gasteiger partial charge in [-0.1, -0.05) is 24.3 Å². The van der Waals surface area contributed by atoms with Gasteiger partial charge in [0, 0.05) is 19.3 Å². The first-order valence-electron chi connectivity index (χ1n) is 9.52. The fourth-order valence-corrected chi connectivity index (χ4v) is 3.61. The van der Waals surface area contributed by atoms with E-state index in [1.807, 2.05) is 56.6 Å². The minimum atomic E-state index is -0.744. The van der Waals surface area contributed by atoms with Crippen molar-refractivity contribution in [2.24, 2.45) is 0 Å². The lowest BCUT2D eigenvalue weighted by atomic mass is 9.94. The molecule has 2 amide bonds. The molecule has 2 aromatic rings. The van der Waals surface area contributed by atoms with Crippen LogP contribution in [0.4, 0.5) is 0 Å². The van der Waals surface area contributed by atoms with Crippen LogP contribution in [0, 0.1) is 27.7 Å². The van der Waals surface area contributed by atoms with Gasteiger partial charge in [-0.25, -0.2) is 0 Å². The molecule has 0 radical (unpaired) electrons. The Hall–Kier alpha value is -2.67. The topological polar surface area (TPSA) is 76.5 Å². The molecule has 0 bridgehead atoms. The minimum Gasteiger partial charge on any atom is -0.356 e. The van der Waals surface area contributed by atoms with E-state index >= 15 is 0 Å². The Labute approximate surface area is 165 Å². The summed E-state index contributed by atoms with van der Waals surface area (Å²) < 4.78 is 7.57. The van der Waals surface area contributed by atoms with Crippen LogP contribution in [0.2, 0.25) is 0 Å². The van der Waals surface area contributed by atoms with Crippen molar-refractivity contribution in [1.82, 2.24) is 20.0 Å². The van der Waals surface area contributed by atoms with E-state index in [0.717, 1.165) is 22.5 Å². The van der Waals surface area contributed by atoms with Crippen molar-refractivity contribution in [2.45, 2.75) is 46.4 Å². The fourth-order valence-electron chi connectivity index (χ4n) is 3.61. The first-order chi connectivity index (χ1) is 13.3. The summed E-state index contributed by atoms with van der Waals surface area (Å²) in [5, 5.41) is 7.45. The van der Waals surface area contributed by atoms with E-state index in [2.05, 4.69) is 10.4 Å². The zero-order valence-corrected chi connectivity index (χ0v) is 17.2. The normalized spacial score (nSPS) is 19.8. The second-order valence-corrected chi connectivity index (χ2v) is 7.35. The Bertz CT molecular complexity index is 890. The number of morpholine rings is 1. The average Bonchev–Trinajstić information content (AvgIpc) is 2.91. The molecule has 1 aromatic carbocycles. The number of aryl methyl sites for hydroxylation is 2. The van der Waals surface area contributed by atoms with Crippen molar-refractivity contribution in [1.29, 1.82) is 0 Å². The monoisotopic (exact) mass is 384 g/mol. The molecule has 1 aliphatic rings. The van der Waals surface area contributed by atoms with Crippen LogP contribution in [0.5, 0.6) is 0 Å². The summed E-state index contributed by atoms with van der Waals surface area (Å²) in [4.78, 5) is 26.7. The summed E-state index contributed by atoms with van der Waals surface area (Å²) in [6.45, 7) is 8.96. The summed E-state index contributed by atoms with van der Waals surface area (Å²) >= 11 is 0. The predicted octanol–water partition coefficient (Wildman–Crippen LogP) is 1.83. The first-order valence-corrected chi connectivity index (χ1v) is 9.52. The molecular weight excluding hydrogens is 356 g/mol. The molecular formula is C21H28N4O3. The predicted molar refractivity (Wildman–Crippen MR) is 106 cm³/mol. The molecule has 1 fully saturated rings. The minimum absolute atomic E-state index is 0.0897. The largest absolute Gasteiger partial charge is 0.356 e. The van der Waals surface area contributed by atoms with Gasteiger partial charge in [0.25, 0.3) is 5.91 Å².